The van der Waals surface area contributed by atoms with Gasteiger partial charge in [-0.2, -0.15) is 0 Å². The molecule has 0 heterocycles. The van der Waals surface area contributed by atoms with Gasteiger partial charge < -0.3 is 0 Å². The molecule has 0 aliphatic rings. The zero-order valence-electron chi connectivity index (χ0n) is 7.69. The van der Waals surface area contributed by atoms with Crippen molar-refractivity contribution in [2.24, 2.45) is 0 Å². The molecule has 0 amide bonds. The highest BCUT2D eigenvalue weighted by molar-refractivity contribution is 9.10. The summed E-state index contributed by atoms with van der Waals surface area (Å²) in [5, 5.41) is 0. The summed E-state index contributed by atoms with van der Waals surface area (Å²) in [5.41, 5.74) is 1.05. The van der Waals surface area contributed by atoms with Crippen molar-refractivity contribution in [1.29, 1.82) is 0 Å². The lowest BCUT2D eigenvalue weighted by atomic mass is 10.2. The second-order valence-corrected chi connectivity index (χ2v) is 2.71. The molecule has 0 N–H and O–H groups in total. The average molecular weight is 225 g/mol. The van der Waals surface area contributed by atoms with E-state index in [2.05, 4.69) is 27.8 Å². The summed E-state index contributed by atoms with van der Waals surface area (Å²) in [5.74, 6) is 5.82. The average Bonchev–Trinajstić information content (AvgIpc) is 2.13. The molecule has 12 heavy (non-hydrogen) atoms. The zero-order chi connectivity index (χ0) is 9.40. The van der Waals surface area contributed by atoms with Crippen molar-refractivity contribution in [2.75, 3.05) is 0 Å². The Morgan fingerprint density at radius 1 is 1.17 bits per heavy atom. The van der Waals surface area contributed by atoms with Gasteiger partial charge in [-0.3, -0.25) is 0 Å². The van der Waals surface area contributed by atoms with Crippen LogP contribution in [0.15, 0.2) is 28.7 Å². The minimum absolute atomic E-state index is 1.05. The van der Waals surface area contributed by atoms with Gasteiger partial charge >= 0.3 is 0 Å². The summed E-state index contributed by atoms with van der Waals surface area (Å²) >= 11 is 3.39. The molecule has 0 nitrogen and oxygen atoms in total. The smallest absolute Gasteiger partial charge is 0.0387 e. The van der Waals surface area contributed by atoms with Crippen molar-refractivity contribution in [2.45, 2.75) is 20.8 Å². The minimum Gasteiger partial charge on any atom is -0.101 e. The van der Waals surface area contributed by atoms with Crippen LogP contribution in [0.2, 0.25) is 0 Å². The molecule has 0 fully saturated rings. The lowest BCUT2D eigenvalue weighted by molar-refractivity contribution is 1.50. The van der Waals surface area contributed by atoms with E-state index in [-0.39, 0.29) is 0 Å². The van der Waals surface area contributed by atoms with Crippen molar-refractivity contribution in [3.05, 3.63) is 34.3 Å². The molecule has 0 unspecified atom stereocenters. The molecule has 0 aromatic heterocycles. The van der Waals surface area contributed by atoms with Crippen LogP contribution in [-0.4, -0.2) is 0 Å². The number of halogens is 1. The van der Waals surface area contributed by atoms with Gasteiger partial charge in [0, 0.05) is 10.0 Å². The Morgan fingerprint density at radius 2 is 1.75 bits per heavy atom. The van der Waals surface area contributed by atoms with Gasteiger partial charge in [0.05, 0.1) is 0 Å². The largest absolute Gasteiger partial charge is 0.101 e. The van der Waals surface area contributed by atoms with Crippen LogP contribution in [0, 0.1) is 11.8 Å². The second-order valence-electron chi connectivity index (χ2n) is 1.85. The molecule has 64 valence electrons. The monoisotopic (exact) mass is 224 g/mol. The van der Waals surface area contributed by atoms with Crippen molar-refractivity contribution in [3.8, 4) is 11.8 Å². The van der Waals surface area contributed by atoms with E-state index < -0.39 is 0 Å². The van der Waals surface area contributed by atoms with Gasteiger partial charge in [-0.25, -0.2) is 0 Å². The van der Waals surface area contributed by atoms with E-state index in [0.717, 1.165) is 10.0 Å². The molecule has 1 aromatic carbocycles. The first-order chi connectivity index (χ1) is 5.84. The van der Waals surface area contributed by atoms with Gasteiger partial charge in [0.25, 0.3) is 0 Å². The molecule has 1 aromatic rings. The maximum Gasteiger partial charge on any atom is 0.0387 e. The highest BCUT2D eigenvalue weighted by Crippen LogP contribution is 2.13. The van der Waals surface area contributed by atoms with Crippen LogP contribution in [0.4, 0.5) is 0 Å². The maximum atomic E-state index is 3.39. The van der Waals surface area contributed by atoms with Crippen LogP contribution in [0.1, 0.15) is 26.3 Å². The molecular formula is C11H13Br. The second kappa shape index (κ2) is 6.94. The third kappa shape index (κ3) is 3.59. The van der Waals surface area contributed by atoms with Gasteiger partial charge in [-0.15, -0.1) is 5.92 Å². The van der Waals surface area contributed by atoms with E-state index >= 15 is 0 Å². The summed E-state index contributed by atoms with van der Waals surface area (Å²) in [7, 11) is 0. The van der Waals surface area contributed by atoms with Gasteiger partial charge in [-0.05, 0) is 35.0 Å². The predicted octanol–water partition coefficient (Wildman–Crippen LogP) is 3.85. The highest BCUT2D eigenvalue weighted by atomic mass is 79.9. The molecule has 0 bridgehead atoms. The maximum absolute atomic E-state index is 3.39. The minimum atomic E-state index is 1.05. The first kappa shape index (κ1) is 11.3. The Balaban J connectivity index is 0.000000561. The summed E-state index contributed by atoms with van der Waals surface area (Å²) in [6.07, 6.45) is 0. The van der Waals surface area contributed by atoms with Gasteiger partial charge in [0.2, 0.25) is 0 Å². The lowest BCUT2D eigenvalue weighted by Crippen LogP contribution is -1.73. The van der Waals surface area contributed by atoms with E-state index in [0.29, 0.717) is 0 Å². The number of hydrogen-bond acceptors (Lipinski definition) is 0. The Hall–Kier alpha value is -0.740. The van der Waals surface area contributed by atoms with E-state index in [9.17, 15) is 0 Å². The third-order valence-electron chi connectivity index (χ3n) is 1.13. The molecule has 0 radical (unpaired) electrons. The molecule has 0 saturated heterocycles. The van der Waals surface area contributed by atoms with E-state index in [1.165, 1.54) is 0 Å². The Bertz CT molecular complexity index is 279. The molecule has 0 spiro atoms. The zero-order valence-corrected chi connectivity index (χ0v) is 9.27. The molecule has 1 rings (SSSR count). The standard InChI is InChI=1S/C9H7Br.C2H6/c1-2-5-8-6-3-4-7-9(8)10;1-2/h3-4,6-7H,1H3;1-2H3. The molecule has 0 aliphatic heterocycles. The van der Waals surface area contributed by atoms with Crippen molar-refractivity contribution >= 4 is 15.9 Å². The lowest BCUT2D eigenvalue weighted by Gasteiger charge is -1.91. The summed E-state index contributed by atoms with van der Waals surface area (Å²) < 4.78 is 1.06. The first-order valence-corrected chi connectivity index (χ1v) is 4.81. The van der Waals surface area contributed by atoms with Crippen LogP contribution in [-0.2, 0) is 0 Å². The van der Waals surface area contributed by atoms with Crippen LogP contribution >= 0.6 is 15.9 Å². The fourth-order valence-corrected chi connectivity index (χ4v) is 1.08. The van der Waals surface area contributed by atoms with Crippen LogP contribution in [0.3, 0.4) is 0 Å². The number of benzene rings is 1. The summed E-state index contributed by atoms with van der Waals surface area (Å²) in [6.45, 7) is 5.83. The summed E-state index contributed by atoms with van der Waals surface area (Å²) in [4.78, 5) is 0. The molecule has 1 heteroatoms. The fraction of sp³-hybridized carbons (Fsp3) is 0.273. The third-order valence-corrected chi connectivity index (χ3v) is 1.83. The fourth-order valence-electron chi connectivity index (χ4n) is 0.697. The first-order valence-electron chi connectivity index (χ1n) is 4.02. The summed E-state index contributed by atoms with van der Waals surface area (Å²) in [6, 6.07) is 7.93. The van der Waals surface area contributed by atoms with Crippen molar-refractivity contribution < 1.29 is 0 Å². The highest BCUT2D eigenvalue weighted by Gasteiger charge is 1.90. The number of rotatable bonds is 0. The predicted molar refractivity (Wildman–Crippen MR) is 58.0 cm³/mol. The van der Waals surface area contributed by atoms with E-state index in [1.54, 1.807) is 0 Å². The van der Waals surface area contributed by atoms with E-state index in [1.807, 2.05) is 45.0 Å². The van der Waals surface area contributed by atoms with Crippen molar-refractivity contribution in [1.82, 2.24) is 0 Å². The Morgan fingerprint density at radius 3 is 2.25 bits per heavy atom. The van der Waals surface area contributed by atoms with Crippen LogP contribution in [0.25, 0.3) is 0 Å². The molecule has 0 atom stereocenters. The normalized spacial score (nSPS) is 7.33. The molecule has 0 saturated carbocycles. The quantitative estimate of drug-likeness (QED) is 0.588. The molecule has 0 aliphatic carbocycles. The Kier molecular flexibility index (Phi) is 6.51. The van der Waals surface area contributed by atoms with Gasteiger partial charge in [0.1, 0.15) is 0 Å². The Labute approximate surface area is 83.1 Å². The van der Waals surface area contributed by atoms with Gasteiger partial charge in [0.15, 0.2) is 0 Å². The molecular weight excluding hydrogens is 212 g/mol. The van der Waals surface area contributed by atoms with Crippen LogP contribution in [0.5, 0.6) is 0 Å². The number of hydrogen-bond donors (Lipinski definition) is 0. The van der Waals surface area contributed by atoms with Gasteiger partial charge in [-0.1, -0.05) is 31.9 Å². The van der Waals surface area contributed by atoms with Crippen LogP contribution < -0.4 is 0 Å². The topological polar surface area (TPSA) is 0 Å². The SMILES string of the molecule is CC.CC#Cc1ccccc1Br. The van der Waals surface area contributed by atoms with E-state index in [4.69, 9.17) is 0 Å². The van der Waals surface area contributed by atoms with Crippen molar-refractivity contribution in [3.63, 3.8) is 0 Å².